The number of carbonyl (C=O) groups excluding carboxylic acids is 2. The van der Waals surface area contributed by atoms with Crippen LogP contribution in [0.25, 0.3) is 0 Å². The van der Waals surface area contributed by atoms with Crippen LogP contribution < -0.4 is 10.6 Å². The van der Waals surface area contributed by atoms with Crippen molar-refractivity contribution in [1.82, 2.24) is 30.6 Å². The van der Waals surface area contributed by atoms with Crippen LogP contribution in [0, 0.1) is 0 Å². The Morgan fingerprint density at radius 2 is 1.85 bits per heavy atom. The molecule has 0 bridgehead atoms. The molecule has 1 saturated heterocycles. The van der Waals surface area contributed by atoms with E-state index in [1.54, 1.807) is 4.90 Å². The van der Waals surface area contributed by atoms with Gasteiger partial charge < -0.3 is 20.1 Å². The molecule has 0 atom stereocenters. The van der Waals surface area contributed by atoms with E-state index in [-0.39, 0.29) is 18.0 Å². The SMILES string of the molecule is CCc1noc(CN(CC)C(=O)NC2CCN(CC(=O)NC3CC3)CC2)n1. The van der Waals surface area contributed by atoms with Gasteiger partial charge in [-0.3, -0.25) is 9.69 Å². The summed E-state index contributed by atoms with van der Waals surface area (Å²) >= 11 is 0. The third kappa shape index (κ3) is 5.92. The summed E-state index contributed by atoms with van der Waals surface area (Å²) in [6.07, 6.45) is 4.62. The van der Waals surface area contributed by atoms with Crippen molar-refractivity contribution in [3.05, 3.63) is 11.7 Å². The number of piperidine rings is 1. The Kier molecular flexibility index (Phi) is 6.65. The summed E-state index contributed by atoms with van der Waals surface area (Å²) in [5.41, 5.74) is 0. The van der Waals surface area contributed by atoms with E-state index in [1.807, 2.05) is 13.8 Å². The zero-order chi connectivity index (χ0) is 19.2. The minimum atomic E-state index is -0.112. The predicted molar refractivity (Wildman–Crippen MR) is 98.9 cm³/mol. The topological polar surface area (TPSA) is 104 Å². The van der Waals surface area contributed by atoms with Gasteiger partial charge in [0.05, 0.1) is 6.54 Å². The highest BCUT2D eigenvalue weighted by molar-refractivity contribution is 5.78. The maximum atomic E-state index is 12.6. The predicted octanol–water partition coefficient (Wildman–Crippen LogP) is 0.907. The van der Waals surface area contributed by atoms with Gasteiger partial charge in [0.25, 0.3) is 0 Å². The quantitative estimate of drug-likeness (QED) is 0.697. The molecule has 1 aromatic heterocycles. The molecule has 3 amide bonds. The van der Waals surface area contributed by atoms with Crippen LogP contribution in [-0.4, -0.2) is 70.1 Å². The van der Waals surface area contributed by atoms with Crippen LogP contribution in [0.1, 0.15) is 51.2 Å². The Bertz CT molecular complexity index is 637. The molecule has 1 aliphatic heterocycles. The number of urea groups is 1. The van der Waals surface area contributed by atoms with Gasteiger partial charge in [0.1, 0.15) is 6.54 Å². The Balaban J connectivity index is 1.40. The van der Waals surface area contributed by atoms with Crippen LogP contribution in [0.2, 0.25) is 0 Å². The van der Waals surface area contributed by atoms with Crippen LogP contribution in [0.3, 0.4) is 0 Å². The molecule has 2 N–H and O–H groups in total. The standard InChI is InChI=1S/C18H30N6O3/c1-3-15-21-17(27-22-15)12-24(4-2)18(26)20-14-7-9-23(10-8-14)11-16(25)19-13-5-6-13/h13-14H,3-12H2,1-2H3,(H,19,25)(H,20,26). The molecular weight excluding hydrogens is 348 g/mol. The Labute approximate surface area is 159 Å². The van der Waals surface area contributed by atoms with Crippen LogP contribution >= 0.6 is 0 Å². The normalized spacial score (nSPS) is 18.3. The molecule has 3 rings (SSSR count). The van der Waals surface area contributed by atoms with E-state index >= 15 is 0 Å². The Morgan fingerprint density at radius 3 is 2.44 bits per heavy atom. The lowest BCUT2D eigenvalue weighted by molar-refractivity contribution is -0.122. The zero-order valence-electron chi connectivity index (χ0n) is 16.2. The number of amides is 3. The molecule has 9 heteroatoms. The van der Waals surface area contributed by atoms with Crippen LogP contribution in [0.15, 0.2) is 4.52 Å². The number of hydrogen-bond donors (Lipinski definition) is 2. The van der Waals surface area contributed by atoms with Crippen molar-refractivity contribution in [3.63, 3.8) is 0 Å². The second-order valence-electron chi connectivity index (χ2n) is 7.31. The van der Waals surface area contributed by atoms with E-state index in [4.69, 9.17) is 4.52 Å². The number of likely N-dealkylation sites (tertiary alicyclic amines) is 1. The molecule has 0 spiro atoms. The van der Waals surface area contributed by atoms with Crippen molar-refractivity contribution >= 4 is 11.9 Å². The fourth-order valence-electron chi connectivity index (χ4n) is 3.19. The zero-order valence-corrected chi connectivity index (χ0v) is 16.2. The minimum absolute atomic E-state index is 0.112. The molecule has 1 saturated carbocycles. The van der Waals surface area contributed by atoms with Gasteiger partial charge in [-0.2, -0.15) is 4.98 Å². The van der Waals surface area contributed by atoms with E-state index in [0.29, 0.717) is 43.8 Å². The first-order valence-electron chi connectivity index (χ1n) is 9.96. The molecule has 2 heterocycles. The monoisotopic (exact) mass is 378 g/mol. The molecular formula is C18H30N6O3. The number of hydrogen-bond acceptors (Lipinski definition) is 6. The molecule has 0 aromatic carbocycles. The van der Waals surface area contributed by atoms with Gasteiger partial charge in [0.2, 0.25) is 11.8 Å². The van der Waals surface area contributed by atoms with Gasteiger partial charge in [-0.25, -0.2) is 4.79 Å². The number of aromatic nitrogens is 2. The van der Waals surface area contributed by atoms with Crippen molar-refractivity contribution < 1.29 is 14.1 Å². The first-order chi connectivity index (χ1) is 13.1. The molecule has 9 nitrogen and oxygen atoms in total. The van der Waals surface area contributed by atoms with Crippen molar-refractivity contribution in [3.8, 4) is 0 Å². The molecule has 2 aliphatic rings. The summed E-state index contributed by atoms with van der Waals surface area (Å²) in [5, 5.41) is 9.98. The fraction of sp³-hybridized carbons (Fsp3) is 0.778. The van der Waals surface area contributed by atoms with E-state index in [0.717, 1.165) is 38.8 Å². The average Bonchev–Trinajstić information content (AvgIpc) is 3.35. The largest absolute Gasteiger partial charge is 0.352 e. The summed E-state index contributed by atoms with van der Waals surface area (Å²) in [5.74, 6) is 1.23. The lowest BCUT2D eigenvalue weighted by atomic mass is 10.1. The smallest absolute Gasteiger partial charge is 0.318 e. The maximum Gasteiger partial charge on any atom is 0.318 e. The molecule has 0 unspecified atom stereocenters. The molecule has 1 aliphatic carbocycles. The molecule has 150 valence electrons. The maximum absolute atomic E-state index is 12.6. The summed E-state index contributed by atoms with van der Waals surface area (Å²) in [6.45, 7) is 6.86. The summed E-state index contributed by atoms with van der Waals surface area (Å²) in [6, 6.07) is 0.420. The van der Waals surface area contributed by atoms with Gasteiger partial charge in [0.15, 0.2) is 5.82 Å². The van der Waals surface area contributed by atoms with Crippen LogP contribution in [0.5, 0.6) is 0 Å². The number of rotatable bonds is 8. The molecule has 2 fully saturated rings. The highest BCUT2D eigenvalue weighted by Crippen LogP contribution is 2.18. The second-order valence-corrected chi connectivity index (χ2v) is 7.31. The molecule has 27 heavy (non-hydrogen) atoms. The second kappa shape index (κ2) is 9.16. The fourth-order valence-corrected chi connectivity index (χ4v) is 3.19. The number of carbonyl (C=O) groups is 2. The van der Waals surface area contributed by atoms with Crippen molar-refractivity contribution in [1.29, 1.82) is 0 Å². The van der Waals surface area contributed by atoms with Crippen LogP contribution in [0.4, 0.5) is 4.79 Å². The summed E-state index contributed by atoms with van der Waals surface area (Å²) in [7, 11) is 0. The van der Waals surface area contributed by atoms with E-state index in [2.05, 4.69) is 25.7 Å². The van der Waals surface area contributed by atoms with Gasteiger partial charge in [-0.1, -0.05) is 12.1 Å². The van der Waals surface area contributed by atoms with Crippen molar-refractivity contribution in [2.45, 2.75) is 64.6 Å². The Morgan fingerprint density at radius 1 is 1.15 bits per heavy atom. The van der Waals surface area contributed by atoms with Gasteiger partial charge in [0, 0.05) is 38.1 Å². The Hall–Kier alpha value is -2.16. The first kappa shape index (κ1) is 19.6. The highest BCUT2D eigenvalue weighted by Gasteiger charge is 2.27. The van der Waals surface area contributed by atoms with E-state index < -0.39 is 0 Å². The number of aryl methyl sites for hydroxylation is 1. The van der Waals surface area contributed by atoms with Crippen molar-refractivity contribution in [2.24, 2.45) is 0 Å². The average molecular weight is 378 g/mol. The number of nitrogens with zero attached hydrogens (tertiary/aromatic N) is 4. The lowest BCUT2D eigenvalue weighted by Crippen LogP contribution is -2.50. The summed E-state index contributed by atoms with van der Waals surface area (Å²) in [4.78, 5) is 32.5. The molecule has 0 radical (unpaired) electrons. The summed E-state index contributed by atoms with van der Waals surface area (Å²) < 4.78 is 5.18. The van der Waals surface area contributed by atoms with E-state index in [1.165, 1.54) is 0 Å². The van der Waals surface area contributed by atoms with Crippen molar-refractivity contribution in [2.75, 3.05) is 26.2 Å². The third-order valence-electron chi connectivity index (χ3n) is 5.05. The minimum Gasteiger partial charge on any atom is -0.352 e. The van der Waals surface area contributed by atoms with Gasteiger partial charge >= 0.3 is 6.03 Å². The molecule has 1 aromatic rings. The first-order valence-corrected chi connectivity index (χ1v) is 9.96. The lowest BCUT2D eigenvalue weighted by Gasteiger charge is -2.33. The van der Waals surface area contributed by atoms with Crippen LogP contribution in [-0.2, 0) is 17.8 Å². The van der Waals surface area contributed by atoms with Gasteiger partial charge in [-0.15, -0.1) is 0 Å². The van der Waals surface area contributed by atoms with Gasteiger partial charge in [-0.05, 0) is 32.6 Å². The third-order valence-corrected chi connectivity index (χ3v) is 5.05. The highest BCUT2D eigenvalue weighted by atomic mass is 16.5. The number of nitrogens with one attached hydrogen (secondary N) is 2. The van der Waals surface area contributed by atoms with E-state index in [9.17, 15) is 9.59 Å².